The lowest BCUT2D eigenvalue weighted by Gasteiger charge is -2.36. The predicted octanol–water partition coefficient (Wildman–Crippen LogP) is 6.04. The highest BCUT2D eigenvalue weighted by atomic mass is 32.1. The molecule has 2 heterocycles. The molecule has 7 heteroatoms. The highest BCUT2D eigenvalue weighted by molar-refractivity contribution is 7.17. The van der Waals surface area contributed by atoms with Gasteiger partial charge in [-0.25, -0.2) is 4.98 Å². The number of ketones is 1. The van der Waals surface area contributed by atoms with Gasteiger partial charge in [0.05, 0.1) is 29.3 Å². The molecule has 1 unspecified atom stereocenters. The SMILES string of the molecule is COc1ccccc1C1C(C(=O)c2sc(-c3ccccc3)nc2C)=C(O)C(=O)N1C1CCCCC1. The van der Waals surface area contributed by atoms with Crippen LogP contribution in [0.1, 0.15) is 59.1 Å². The number of hydrogen-bond acceptors (Lipinski definition) is 6. The molecule has 5 rings (SSSR count). The van der Waals surface area contributed by atoms with E-state index in [0.717, 1.165) is 42.7 Å². The van der Waals surface area contributed by atoms with Crippen LogP contribution in [0.5, 0.6) is 5.75 Å². The zero-order valence-electron chi connectivity index (χ0n) is 19.9. The van der Waals surface area contributed by atoms with Crippen molar-refractivity contribution in [3.8, 4) is 16.3 Å². The number of para-hydroxylation sites is 1. The molecule has 2 aromatic carbocycles. The van der Waals surface area contributed by atoms with Gasteiger partial charge in [-0.1, -0.05) is 67.8 Å². The highest BCUT2D eigenvalue weighted by Gasteiger charge is 2.48. The first-order valence-corrected chi connectivity index (χ1v) is 12.8. The van der Waals surface area contributed by atoms with Crippen LogP contribution in [0.4, 0.5) is 0 Å². The Morgan fingerprint density at radius 3 is 2.46 bits per heavy atom. The first-order chi connectivity index (χ1) is 17.0. The number of methoxy groups -OCH3 is 1. The van der Waals surface area contributed by atoms with E-state index in [1.54, 1.807) is 18.9 Å². The van der Waals surface area contributed by atoms with Gasteiger partial charge in [0.2, 0.25) is 5.78 Å². The van der Waals surface area contributed by atoms with Crippen LogP contribution in [0, 0.1) is 6.92 Å². The van der Waals surface area contributed by atoms with Crippen molar-refractivity contribution in [3.63, 3.8) is 0 Å². The second-order valence-electron chi connectivity index (χ2n) is 9.04. The van der Waals surface area contributed by atoms with Gasteiger partial charge in [-0.15, -0.1) is 11.3 Å². The molecule has 1 amide bonds. The quantitative estimate of drug-likeness (QED) is 0.428. The Morgan fingerprint density at radius 2 is 1.74 bits per heavy atom. The Morgan fingerprint density at radius 1 is 1.06 bits per heavy atom. The third kappa shape index (κ3) is 4.14. The Labute approximate surface area is 208 Å². The minimum Gasteiger partial charge on any atom is -0.503 e. The molecule has 1 aliphatic heterocycles. The number of rotatable bonds is 6. The number of aliphatic hydroxyl groups excluding tert-OH is 1. The summed E-state index contributed by atoms with van der Waals surface area (Å²) in [6, 6.07) is 16.3. The number of carbonyl (C=O) groups excluding carboxylic acids is 2. The van der Waals surface area contributed by atoms with E-state index >= 15 is 0 Å². The lowest BCUT2D eigenvalue weighted by atomic mass is 9.90. The Kier molecular flexibility index (Phi) is 6.43. The van der Waals surface area contributed by atoms with E-state index in [1.165, 1.54) is 11.3 Å². The zero-order valence-corrected chi connectivity index (χ0v) is 20.7. The van der Waals surface area contributed by atoms with Gasteiger partial charge in [-0.3, -0.25) is 9.59 Å². The number of amides is 1. The summed E-state index contributed by atoms with van der Waals surface area (Å²) in [7, 11) is 1.57. The van der Waals surface area contributed by atoms with Crippen LogP contribution >= 0.6 is 11.3 Å². The molecular weight excluding hydrogens is 460 g/mol. The molecule has 6 nitrogen and oxygen atoms in total. The second kappa shape index (κ2) is 9.66. The van der Waals surface area contributed by atoms with Gasteiger partial charge in [0.15, 0.2) is 5.76 Å². The summed E-state index contributed by atoms with van der Waals surface area (Å²) in [5, 5.41) is 11.8. The number of aliphatic hydroxyl groups is 1. The average Bonchev–Trinajstić information content (AvgIpc) is 3.42. The lowest BCUT2D eigenvalue weighted by molar-refractivity contribution is -0.132. The van der Waals surface area contributed by atoms with E-state index in [2.05, 4.69) is 4.98 Å². The molecule has 35 heavy (non-hydrogen) atoms. The van der Waals surface area contributed by atoms with Gasteiger partial charge in [0, 0.05) is 17.2 Å². The van der Waals surface area contributed by atoms with Gasteiger partial charge in [-0.2, -0.15) is 0 Å². The number of benzene rings is 2. The fourth-order valence-corrected chi connectivity index (χ4v) is 6.25. The van der Waals surface area contributed by atoms with E-state index in [-0.39, 0.29) is 17.4 Å². The van der Waals surface area contributed by atoms with E-state index in [9.17, 15) is 14.7 Å². The first kappa shape index (κ1) is 23.3. The van der Waals surface area contributed by atoms with Crippen LogP contribution in [0.25, 0.3) is 10.6 Å². The predicted molar refractivity (Wildman–Crippen MR) is 136 cm³/mol. The van der Waals surface area contributed by atoms with Crippen molar-refractivity contribution in [2.75, 3.05) is 7.11 Å². The number of Topliss-reactive ketones (excluding diaryl/α,β-unsaturated/α-hetero) is 1. The smallest absolute Gasteiger partial charge is 0.290 e. The van der Waals surface area contributed by atoms with Crippen molar-refractivity contribution in [1.29, 1.82) is 0 Å². The monoisotopic (exact) mass is 488 g/mol. The number of hydrogen-bond donors (Lipinski definition) is 1. The molecule has 180 valence electrons. The fraction of sp³-hybridized carbons (Fsp3) is 0.321. The third-order valence-electron chi connectivity index (χ3n) is 6.91. The van der Waals surface area contributed by atoms with Crippen molar-refractivity contribution in [3.05, 3.63) is 82.1 Å². The van der Waals surface area contributed by atoms with Crippen LogP contribution < -0.4 is 4.74 Å². The maximum atomic E-state index is 14.0. The van der Waals surface area contributed by atoms with E-state index in [0.29, 0.717) is 21.9 Å². The van der Waals surface area contributed by atoms with Crippen molar-refractivity contribution in [1.82, 2.24) is 9.88 Å². The van der Waals surface area contributed by atoms with Gasteiger partial charge < -0.3 is 14.7 Å². The molecular formula is C28H28N2O4S. The summed E-state index contributed by atoms with van der Waals surface area (Å²) in [5.41, 5.74) is 2.31. The molecule has 1 N–H and O–H groups in total. The summed E-state index contributed by atoms with van der Waals surface area (Å²) in [5.74, 6) is -0.730. The maximum Gasteiger partial charge on any atom is 0.290 e. The normalized spacial score (nSPS) is 18.9. The molecule has 0 radical (unpaired) electrons. The van der Waals surface area contributed by atoms with E-state index in [1.807, 2.05) is 54.6 Å². The molecule has 0 bridgehead atoms. The summed E-state index contributed by atoms with van der Waals surface area (Å²) in [6.07, 6.45) is 4.87. The van der Waals surface area contributed by atoms with Crippen molar-refractivity contribution >= 4 is 23.0 Å². The molecule has 1 aliphatic carbocycles. The third-order valence-corrected chi connectivity index (χ3v) is 8.12. The number of nitrogens with zero attached hydrogens (tertiary/aromatic N) is 2. The summed E-state index contributed by atoms with van der Waals surface area (Å²) >= 11 is 1.29. The highest BCUT2D eigenvalue weighted by Crippen LogP contribution is 2.46. The minimum absolute atomic E-state index is 0.0407. The maximum absolute atomic E-state index is 14.0. The number of aryl methyl sites for hydroxylation is 1. The van der Waals surface area contributed by atoms with Crippen molar-refractivity contribution in [2.24, 2.45) is 0 Å². The standard InChI is InChI=1S/C28H28N2O4S/c1-17-26(35-27(29-17)18-11-5-3-6-12-18)24(31)22-23(20-15-9-10-16-21(20)34-2)30(28(33)25(22)32)19-13-7-4-8-14-19/h3,5-6,9-12,15-16,19,23,32H,4,7-8,13-14H2,1-2H3. The van der Waals surface area contributed by atoms with Crippen LogP contribution in [0.15, 0.2) is 65.9 Å². The Bertz CT molecular complexity index is 1290. The summed E-state index contributed by atoms with van der Waals surface area (Å²) in [6.45, 7) is 1.79. The summed E-state index contributed by atoms with van der Waals surface area (Å²) in [4.78, 5) is 34.2. The van der Waals surface area contributed by atoms with Crippen LogP contribution in [-0.4, -0.2) is 39.8 Å². The average molecular weight is 489 g/mol. The van der Waals surface area contributed by atoms with Crippen LogP contribution in [0.2, 0.25) is 0 Å². The number of carbonyl (C=O) groups is 2. The first-order valence-electron chi connectivity index (χ1n) is 12.0. The summed E-state index contributed by atoms with van der Waals surface area (Å²) < 4.78 is 5.62. The van der Waals surface area contributed by atoms with Crippen LogP contribution in [0.3, 0.4) is 0 Å². The van der Waals surface area contributed by atoms with Gasteiger partial charge >= 0.3 is 0 Å². The second-order valence-corrected chi connectivity index (χ2v) is 10.0. The molecule has 1 fully saturated rings. The number of aromatic nitrogens is 1. The lowest BCUT2D eigenvalue weighted by Crippen LogP contribution is -2.41. The molecule has 0 spiro atoms. The number of thiazole rings is 1. The fourth-order valence-electron chi connectivity index (χ4n) is 5.22. The van der Waals surface area contributed by atoms with E-state index < -0.39 is 17.7 Å². The Balaban J connectivity index is 1.61. The molecule has 1 aromatic heterocycles. The van der Waals surface area contributed by atoms with E-state index in [4.69, 9.17) is 4.74 Å². The Hall–Kier alpha value is -3.45. The topological polar surface area (TPSA) is 79.7 Å². The molecule has 1 atom stereocenters. The van der Waals surface area contributed by atoms with Crippen molar-refractivity contribution < 1.29 is 19.4 Å². The van der Waals surface area contributed by atoms with Crippen molar-refractivity contribution in [2.45, 2.75) is 51.1 Å². The molecule has 3 aromatic rings. The van der Waals surface area contributed by atoms with Crippen LogP contribution in [-0.2, 0) is 4.79 Å². The molecule has 1 saturated carbocycles. The number of ether oxygens (including phenoxy) is 1. The van der Waals surface area contributed by atoms with Gasteiger partial charge in [-0.05, 0) is 25.8 Å². The molecule has 0 saturated heterocycles. The molecule has 2 aliphatic rings. The minimum atomic E-state index is -0.712. The zero-order chi connectivity index (χ0) is 24.5. The van der Waals surface area contributed by atoms with Gasteiger partial charge in [0.25, 0.3) is 5.91 Å². The largest absolute Gasteiger partial charge is 0.503 e. The van der Waals surface area contributed by atoms with Gasteiger partial charge in [0.1, 0.15) is 10.8 Å².